The lowest BCUT2D eigenvalue weighted by molar-refractivity contribution is 0.103. The fraction of sp³-hybridized carbons (Fsp3) is 0.0385. The van der Waals surface area contributed by atoms with Gasteiger partial charge in [-0.1, -0.05) is 72.3 Å². The highest BCUT2D eigenvalue weighted by molar-refractivity contribution is 6.30. The average molecular weight is 454 g/mol. The molecule has 0 unspecified atom stereocenters. The van der Waals surface area contributed by atoms with Crippen LogP contribution in [-0.2, 0) is 6.54 Å². The van der Waals surface area contributed by atoms with Crippen LogP contribution < -0.4 is 5.84 Å². The van der Waals surface area contributed by atoms with Crippen molar-refractivity contribution in [3.05, 3.63) is 124 Å². The normalized spacial score (nSPS) is 11.7. The number of imidazole rings is 1. The number of fused-ring (bicyclic) bond motifs is 1. The molecule has 6 nitrogen and oxygen atoms in total. The second-order valence-electron chi connectivity index (χ2n) is 7.62. The third-order valence-corrected chi connectivity index (χ3v) is 5.76. The van der Waals surface area contributed by atoms with Gasteiger partial charge in [-0.25, -0.2) is 4.98 Å². The number of carbonyl (C=O) groups excluding carboxylic acids is 1. The van der Waals surface area contributed by atoms with E-state index >= 15 is 0 Å². The van der Waals surface area contributed by atoms with Gasteiger partial charge in [0.05, 0.1) is 5.56 Å². The van der Waals surface area contributed by atoms with Crippen molar-refractivity contribution < 1.29 is 4.79 Å². The molecule has 7 heteroatoms. The van der Waals surface area contributed by atoms with Crippen LogP contribution in [0.25, 0.3) is 10.9 Å². The second kappa shape index (κ2) is 8.76. The summed E-state index contributed by atoms with van der Waals surface area (Å²) in [5.74, 6) is 5.67. The number of nitrogens with zero attached hydrogens (tertiary/aromatic N) is 3. The lowest BCUT2D eigenvalue weighted by atomic mass is 10.1. The topological polar surface area (TPSA) is 89.1 Å². The molecule has 0 aliphatic rings. The smallest absolute Gasteiger partial charge is 0.230 e. The molecule has 0 bridgehead atoms. The van der Waals surface area contributed by atoms with E-state index in [1.807, 2.05) is 85.1 Å². The van der Waals surface area contributed by atoms with Crippen molar-refractivity contribution in [3.63, 3.8) is 0 Å². The van der Waals surface area contributed by atoms with Gasteiger partial charge in [0.1, 0.15) is 11.4 Å². The molecule has 0 radical (unpaired) electrons. The second-order valence-corrected chi connectivity index (χ2v) is 8.06. The molecular formula is C26H20ClN5O. The van der Waals surface area contributed by atoms with Crippen LogP contribution in [0.1, 0.15) is 33.0 Å². The minimum absolute atomic E-state index is 0.197. The number of nitrogens with one attached hydrogen (secondary N) is 1. The van der Waals surface area contributed by atoms with Crippen LogP contribution in [0.15, 0.2) is 96.4 Å². The Hall–Kier alpha value is -4.16. The first-order chi connectivity index (χ1) is 16.1. The molecule has 0 amide bonds. The molecule has 2 heterocycles. The number of H-pyrrole nitrogens is 1. The first-order valence-electron chi connectivity index (χ1n) is 10.4. The molecule has 33 heavy (non-hydrogen) atoms. The lowest BCUT2D eigenvalue weighted by Crippen LogP contribution is -2.08. The van der Waals surface area contributed by atoms with Gasteiger partial charge in [-0.15, -0.1) is 0 Å². The van der Waals surface area contributed by atoms with Gasteiger partial charge in [-0.2, -0.15) is 5.10 Å². The summed E-state index contributed by atoms with van der Waals surface area (Å²) in [7, 11) is 0. The molecule has 3 N–H and O–H groups in total. The number of carbonyl (C=O) groups is 1. The molecule has 0 aliphatic heterocycles. The number of hydrazone groups is 1. The Balaban J connectivity index is 1.50. The minimum Gasteiger partial charge on any atom is -0.342 e. The fourth-order valence-electron chi connectivity index (χ4n) is 3.92. The Kier molecular flexibility index (Phi) is 5.50. The SMILES string of the molecule is NN=C(c1ccccc1)c1c[nH]c(C(=O)c2cn(Cc3ccc(Cl)cc3)c3ccccc23)n1. The zero-order chi connectivity index (χ0) is 22.8. The van der Waals surface area contributed by atoms with Gasteiger partial charge in [0, 0.05) is 40.4 Å². The summed E-state index contributed by atoms with van der Waals surface area (Å²) in [6.45, 7) is 0.617. The van der Waals surface area contributed by atoms with Crippen molar-refractivity contribution in [2.45, 2.75) is 6.54 Å². The molecule has 0 atom stereocenters. The minimum atomic E-state index is -0.197. The quantitative estimate of drug-likeness (QED) is 0.164. The van der Waals surface area contributed by atoms with Crippen LogP contribution in [0.3, 0.4) is 0 Å². The number of benzene rings is 3. The summed E-state index contributed by atoms with van der Waals surface area (Å²) in [4.78, 5) is 20.9. The number of hydrogen-bond acceptors (Lipinski definition) is 4. The zero-order valence-electron chi connectivity index (χ0n) is 17.6. The Labute approximate surface area is 195 Å². The van der Waals surface area contributed by atoms with Gasteiger partial charge < -0.3 is 15.4 Å². The van der Waals surface area contributed by atoms with Crippen molar-refractivity contribution in [2.24, 2.45) is 10.9 Å². The maximum atomic E-state index is 13.4. The van der Waals surface area contributed by atoms with Crippen molar-refractivity contribution in [1.82, 2.24) is 14.5 Å². The number of aromatic nitrogens is 3. The molecule has 0 spiro atoms. The van der Waals surface area contributed by atoms with Gasteiger partial charge >= 0.3 is 0 Å². The first kappa shape index (κ1) is 20.7. The van der Waals surface area contributed by atoms with Gasteiger partial charge in [0.2, 0.25) is 5.78 Å². The molecule has 2 aromatic heterocycles. The Morgan fingerprint density at radius 3 is 2.48 bits per heavy atom. The van der Waals surface area contributed by atoms with E-state index in [9.17, 15) is 4.79 Å². The first-order valence-corrected chi connectivity index (χ1v) is 10.8. The summed E-state index contributed by atoms with van der Waals surface area (Å²) in [6.07, 6.45) is 3.53. The van der Waals surface area contributed by atoms with Gasteiger partial charge in [0.25, 0.3) is 0 Å². The van der Waals surface area contributed by atoms with Crippen LogP contribution in [-0.4, -0.2) is 26.0 Å². The van der Waals surface area contributed by atoms with Gasteiger partial charge in [-0.05, 0) is 23.8 Å². The molecule has 0 saturated carbocycles. The predicted octanol–water partition coefficient (Wildman–Crippen LogP) is 5.01. The third kappa shape index (κ3) is 4.04. The van der Waals surface area contributed by atoms with E-state index in [1.54, 1.807) is 6.20 Å². The number of aromatic amines is 1. The molecule has 3 aromatic carbocycles. The van der Waals surface area contributed by atoms with Crippen LogP contribution in [0, 0.1) is 0 Å². The van der Waals surface area contributed by atoms with Crippen molar-refractivity contribution in [3.8, 4) is 0 Å². The van der Waals surface area contributed by atoms with E-state index in [0.717, 1.165) is 22.0 Å². The summed E-state index contributed by atoms with van der Waals surface area (Å²) in [5.41, 5.74) is 4.48. The number of halogens is 1. The van der Waals surface area contributed by atoms with E-state index in [0.29, 0.717) is 28.5 Å². The Morgan fingerprint density at radius 2 is 1.73 bits per heavy atom. The molecule has 0 saturated heterocycles. The number of rotatable bonds is 6. The monoisotopic (exact) mass is 453 g/mol. The number of hydrogen-bond donors (Lipinski definition) is 2. The highest BCUT2D eigenvalue weighted by Gasteiger charge is 2.21. The highest BCUT2D eigenvalue weighted by Crippen LogP contribution is 2.25. The van der Waals surface area contributed by atoms with Crippen LogP contribution >= 0.6 is 11.6 Å². The van der Waals surface area contributed by atoms with Crippen LogP contribution in [0.5, 0.6) is 0 Å². The Morgan fingerprint density at radius 1 is 1.00 bits per heavy atom. The van der Waals surface area contributed by atoms with Gasteiger partial charge in [0.15, 0.2) is 5.82 Å². The van der Waals surface area contributed by atoms with Crippen molar-refractivity contribution >= 4 is 34.0 Å². The van der Waals surface area contributed by atoms with Crippen molar-refractivity contribution in [1.29, 1.82) is 0 Å². The number of para-hydroxylation sites is 1. The summed E-state index contributed by atoms with van der Waals surface area (Å²) < 4.78 is 2.06. The Bertz CT molecular complexity index is 1470. The predicted molar refractivity (Wildman–Crippen MR) is 131 cm³/mol. The van der Waals surface area contributed by atoms with E-state index in [1.165, 1.54) is 0 Å². The lowest BCUT2D eigenvalue weighted by Gasteiger charge is -2.05. The highest BCUT2D eigenvalue weighted by atomic mass is 35.5. The largest absolute Gasteiger partial charge is 0.342 e. The van der Waals surface area contributed by atoms with Gasteiger partial charge in [-0.3, -0.25) is 4.79 Å². The van der Waals surface area contributed by atoms with E-state index < -0.39 is 0 Å². The molecular weight excluding hydrogens is 434 g/mol. The molecule has 0 fully saturated rings. The molecule has 162 valence electrons. The third-order valence-electron chi connectivity index (χ3n) is 5.51. The number of ketones is 1. The number of nitrogens with two attached hydrogens (primary N) is 1. The molecule has 5 rings (SSSR count). The fourth-order valence-corrected chi connectivity index (χ4v) is 4.04. The van der Waals surface area contributed by atoms with Crippen LogP contribution in [0.2, 0.25) is 5.02 Å². The maximum Gasteiger partial charge on any atom is 0.230 e. The maximum absolute atomic E-state index is 13.4. The van der Waals surface area contributed by atoms with Crippen LogP contribution in [0.4, 0.5) is 0 Å². The van der Waals surface area contributed by atoms with E-state index in [-0.39, 0.29) is 11.6 Å². The summed E-state index contributed by atoms with van der Waals surface area (Å²) in [6, 6.07) is 25.0. The zero-order valence-corrected chi connectivity index (χ0v) is 18.3. The van der Waals surface area contributed by atoms with E-state index in [4.69, 9.17) is 17.4 Å². The average Bonchev–Trinajstić information content (AvgIpc) is 3.47. The molecule has 5 aromatic rings. The summed E-state index contributed by atoms with van der Waals surface area (Å²) in [5, 5.41) is 5.45. The molecule has 0 aliphatic carbocycles. The standard InChI is InChI=1S/C26H20ClN5O/c27-19-12-10-17(11-13-19)15-32-16-21(20-8-4-5-9-23(20)32)25(33)26-29-14-22(30-26)24(31-28)18-6-2-1-3-7-18/h1-14,16H,15,28H2,(H,29,30). The van der Waals surface area contributed by atoms with Crippen molar-refractivity contribution in [2.75, 3.05) is 0 Å². The van der Waals surface area contributed by atoms with E-state index in [2.05, 4.69) is 19.6 Å². The summed E-state index contributed by atoms with van der Waals surface area (Å²) >= 11 is 6.02.